The number of nitrogens with zero attached hydrogens (tertiary/aromatic N) is 2. The number of benzene rings is 2. The van der Waals surface area contributed by atoms with E-state index in [-0.39, 0.29) is 12.3 Å². The number of guanidine groups is 1. The standard InChI is InChI=1S/C21H25ClF2N4O/c1-25-21(27-13-16-11-17(22)7-8-19(16)29-20(23)24)26-12-15-9-10-28(14-15)18-5-3-2-4-6-18/h2-8,11,15,20H,9-10,12-14H2,1H3,(H2,25,26,27). The first-order valence-electron chi connectivity index (χ1n) is 9.53. The first-order chi connectivity index (χ1) is 14.0. The van der Waals surface area contributed by atoms with E-state index in [1.807, 2.05) is 6.07 Å². The van der Waals surface area contributed by atoms with Crippen LogP contribution < -0.4 is 20.3 Å². The van der Waals surface area contributed by atoms with E-state index in [4.69, 9.17) is 11.6 Å². The number of hydrogen-bond donors (Lipinski definition) is 2. The fraction of sp³-hybridized carbons (Fsp3) is 0.381. The van der Waals surface area contributed by atoms with Gasteiger partial charge in [0, 0.05) is 49.5 Å². The van der Waals surface area contributed by atoms with E-state index in [0.717, 1.165) is 26.1 Å². The van der Waals surface area contributed by atoms with Crippen LogP contribution in [-0.4, -0.2) is 39.3 Å². The Kier molecular flexibility index (Phi) is 7.52. The van der Waals surface area contributed by atoms with Crippen molar-refractivity contribution < 1.29 is 13.5 Å². The maximum absolute atomic E-state index is 12.6. The number of hydrogen-bond acceptors (Lipinski definition) is 3. The molecule has 1 aliphatic heterocycles. The zero-order valence-electron chi connectivity index (χ0n) is 16.2. The van der Waals surface area contributed by atoms with Crippen LogP contribution in [0.15, 0.2) is 53.5 Å². The van der Waals surface area contributed by atoms with E-state index in [9.17, 15) is 8.78 Å². The van der Waals surface area contributed by atoms with Gasteiger partial charge in [-0.05, 0) is 42.7 Å². The van der Waals surface area contributed by atoms with Crippen molar-refractivity contribution in [1.29, 1.82) is 0 Å². The number of para-hydroxylation sites is 1. The van der Waals surface area contributed by atoms with Crippen molar-refractivity contribution in [3.8, 4) is 5.75 Å². The molecule has 0 aliphatic carbocycles. The summed E-state index contributed by atoms with van der Waals surface area (Å²) >= 11 is 5.99. The molecule has 0 spiro atoms. The van der Waals surface area contributed by atoms with E-state index in [1.54, 1.807) is 13.1 Å². The van der Waals surface area contributed by atoms with Crippen molar-refractivity contribution in [2.24, 2.45) is 10.9 Å². The van der Waals surface area contributed by atoms with Crippen molar-refractivity contribution in [1.82, 2.24) is 10.6 Å². The van der Waals surface area contributed by atoms with Crippen LogP contribution in [-0.2, 0) is 6.54 Å². The van der Waals surface area contributed by atoms with Crippen molar-refractivity contribution in [3.05, 3.63) is 59.1 Å². The van der Waals surface area contributed by atoms with Crippen LogP contribution in [0.2, 0.25) is 5.02 Å². The molecular weight excluding hydrogens is 398 g/mol. The molecule has 0 amide bonds. The molecule has 5 nitrogen and oxygen atoms in total. The number of rotatable bonds is 7. The van der Waals surface area contributed by atoms with Gasteiger partial charge >= 0.3 is 6.61 Å². The van der Waals surface area contributed by atoms with Gasteiger partial charge in [0.2, 0.25) is 0 Å². The first-order valence-corrected chi connectivity index (χ1v) is 9.90. The lowest BCUT2D eigenvalue weighted by Gasteiger charge is -2.19. The van der Waals surface area contributed by atoms with Crippen molar-refractivity contribution in [3.63, 3.8) is 0 Å². The highest BCUT2D eigenvalue weighted by molar-refractivity contribution is 6.30. The summed E-state index contributed by atoms with van der Waals surface area (Å²) in [6.45, 7) is 0.165. The van der Waals surface area contributed by atoms with Crippen molar-refractivity contribution in [2.45, 2.75) is 19.6 Å². The molecule has 1 saturated heterocycles. The Morgan fingerprint density at radius 1 is 1.24 bits per heavy atom. The molecular formula is C21H25ClF2N4O. The Hall–Kier alpha value is -2.54. The highest BCUT2D eigenvalue weighted by atomic mass is 35.5. The van der Waals surface area contributed by atoms with Crippen LogP contribution in [0.3, 0.4) is 0 Å². The molecule has 2 aromatic rings. The fourth-order valence-corrected chi connectivity index (χ4v) is 3.60. The summed E-state index contributed by atoms with van der Waals surface area (Å²) in [5.74, 6) is 1.20. The molecule has 0 saturated carbocycles. The van der Waals surface area contributed by atoms with Crippen molar-refractivity contribution >= 4 is 23.2 Å². The normalized spacial score (nSPS) is 16.9. The number of nitrogens with one attached hydrogen (secondary N) is 2. The number of aliphatic imine (C=N–C) groups is 1. The molecule has 2 N–H and O–H groups in total. The second kappa shape index (κ2) is 10.3. The molecule has 1 unspecified atom stereocenters. The van der Waals surface area contributed by atoms with Gasteiger partial charge in [0.05, 0.1) is 0 Å². The largest absolute Gasteiger partial charge is 0.434 e. The van der Waals surface area contributed by atoms with Gasteiger partial charge in [-0.25, -0.2) is 0 Å². The Labute approximate surface area is 174 Å². The molecule has 0 radical (unpaired) electrons. The second-order valence-corrected chi connectivity index (χ2v) is 7.31. The molecule has 1 heterocycles. The van der Waals surface area contributed by atoms with Crippen molar-refractivity contribution in [2.75, 3.05) is 31.6 Å². The lowest BCUT2D eigenvalue weighted by molar-refractivity contribution is -0.0504. The van der Waals surface area contributed by atoms with E-state index in [1.165, 1.54) is 17.8 Å². The maximum atomic E-state index is 12.6. The predicted molar refractivity (Wildman–Crippen MR) is 113 cm³/mol. The predicted octanol–water partition coefficient (Wildman–Crippen LogP) is 4.13. The number of halogens is 3. The monoisotopic (exact) mass is 422 g/mol. The fourth-order valence-electron chi connectivity index (χ4n) is 3.41. The maximum Gasteiger partial charge on any atom is 0.387 e. The lowest BCUT2D eigenvalue weighted by atomic mass is 10.1. The molecule has 8 heteroatoms. The minimum Gasteiger partial charge on any atom is -0.434 e. The molecule has 1 atom stereocenters. The van der Waals surface area contributed by atoms with Crippen LogP contribution in [0, 0.1) is 5.92 Å². The zero-order valence-corrected chi connectivity index (χ0v) is 17.0. The number of ether oxygens (including phenoxy) is 1. The number of alkyl halides is 2. The minimum atomic E-state index is -2.89. The SMILES string of the molecule is CN=C(NCc1cc(Cl)ccc1OC(F)F)NCC1CCN(c2ccccc2)C1. The molecule has 0 bridgehead atoms. The van der Waals surface area contributed by atoms with Gasteiger partial charge in [-0.2, -0.15) is 8.78 Å². The summed E-state index contributed by atoms with van der Waals surface area (Å²) in [5.41, 5.74) is 1.78. The summed E-state index contributed by atoms with van der Waals surface area (Å²) in [4.78, 5) is 6.59. The average molecular weight is 423 g/mol. The highest BCUT2D eigenvalue weighted by Crippen LogP contribution is 2.25. The third-order valence-corrected chi connectivity index (χ3v) is 5.11. The van der Waals surface area contributed by atoms with Crippen LogP contribution in [0.4, 0.5) is 14.5 Å². The smallest absolute Gasteiger partial charge is 0.387 e. The average Bonchev–Trinajstić information content (AvgIpc) is 3.19. The lowest BCUT2D eigenvalue weighted by Crippen LogP contribution is -2.40. The summed E-state index contributed by atoms with van der Waals surface area (Å²) in [7, 11) is 1.68. The topological polar surface area (TPSA) is 48.9 Å². The van der Waals surface area contributed by atoms with Crippen LogP contribution in [0.25, 0.3) is 0 Å². The molecule has 0 aromatic heterocycles. The molecule has 156 valence electrons. The molecule has 29 heavy (non-hydrogen) atoms. The third-order valence-electron chi connectivity index (χ3n) is 4.87. The molecule has 1 aliphatic rings. The zero-order chi connectivity index (χ0) is 20.6. The first kappa shape index (κ1) is 21.2. The van der Waals surface area contributed by atoms with Gasteiger partial charge in [-0.1, -0.05) is 29.8 Å². The second-order valence-electron chi connectivity index (χ2n) is 6.87. The summed E-state index contributed by atoms with van der Waals surface area (Å²) in [5, 5.41) is 6.91. The van der Waals surface area contributed by atoms with Gasteiger partial charge in [0.1, 0.15) is 5.75 Å². The summed E-state index contributed by atoms with van der Waals surface area (Å²) in [6.07, 6.45) is 1.10. The van der Waals surface area contributed by atoms with Crippen LogP contribution in [0.5, 0.6) is 5.75 Å². The van der Waals surface area contributed by atoms with E-state index in [2.05, 4.69) is 49.5 Å². The molecule has 1 fully saturated rings. The van der Waals surface area contributed by atoms with Gasteiger partial charge in [-0.15, -0.1) is 0 Å². The Balaban J connectivity index is 1.50. The van der Waals surface area contributed by atoms with Crippen LogP contribution >= 0.6 is 11.6 Å². The number of anilines is 1. The van der Waals surface area contributed by atoms with E-state index >= 15 is 0 Å². The quantitative estimate of drug-likeness (QED) is 0.520. The highest BCUT2D eigenvalue weighted by Gasteiger charge is 2.22. The van der Waals surface area contributed by atoms with Gasteiger partial charge < -0.3 is 20.3 Å². The Morgan fingerprint density at radius 3 is 2.76 bits per heavy atom. The van der Waals surface area contributed by atoms with Gasteiger partial charge in [0.25, 0.3) is 0 Å². The third kappa shape index (κ3) is 6.22. The summed E-state index contributed by atoms with van der Waals surface area (Å²) < 4.78 is 29.8. The Bertz CT molecular complexity index is 820. The minimum absolute atomic E-state index is 0.0987. The molecule has 3 rings (SSSR count). The van der Waals surface area contributed by atoms with Gasteiger partial charge in [0.15, 0.2) is 5.96 Å². The van der Waals surface area contributed by atoms with Crippen LogP contribution in [0.1, 0.15) is 12.0 Å². The Morgan fingerprint density at radius 2 is 2.03 bits per heavy atom. The van der Waals surface area contributed by atoms with Gasteiger partial charge in [-0.3, -0.25) is 4.99 Å². The summed E-state index contributed by atoms with van der Waals surface area (Å²) in [6, 6.07) is 14.9. The van der Waals surface area contributed by atoms with E-state index in [0.29, 0.717) is 22.5 Å². The van der Waals surface area contributed by atoms with E-state index < -0.39 is 6.61 Å². The molecule has 2 aromatic carbocycles.